The predicted molar refractivity (Wildman–Crippen MR) is 118 cm³/mol. The highest BCUT2D eigenvalue weighted by atomic mass is 35.5. The van der Waals surface area contributed by atoms with E-state index >= 15 is 0 Å². The van der Waals surface area contributed by atoms with Gasteiger partial charge in [0.1, 0.15) is 11.6 Å². The predicted octanol–water partition coefficient (Wildman–Crippen LogP) is 5.60. The minimum atomic E-state index is -3.88. The van der Waals surface area contributed by atoms with Crippen molar-refractivity contribution in [3.05, 3.63) is 83.4 Å². The lowest BCUT2D eigenvalue weighted by Crippen LogP contribution is -2.35. The molecule has 0 unspecified atom stereocenters. The van der Waals surface area contributed by atoms with E-state index in [9.17, 15) is 8.42 Å². The average molecular weight is 429 g/mol. The Balaban J connectivity index is 2.10. The van der Waals surface area contributed by atoms with Crippen LogP contribution in [0.2, 0.25) is 5.02 Å². The van der Waals surface area contributed by atoms with Crippen LogP contribution in [-0.2, 0) is 10.0 Å². The van der Waals surface area contributed by atoms with Crippen LogP contribution in [0.3, 0.4) is 0 Å². The minimum Gasteiger partial charge on any atom is -0.497 e. The van der Waals surface area contributed by atoms with E-state index in [0.29, 0.717) is 28.0 Å². The topological polar surface area (TPSA) is 59.0 Å². The minimum absolute atomic E-state index is 0.183. The fraction of sp³-hybridized carbons (Fsp3) is 0.136. The third-order valence-electron chi connectivity index (χ3n) is 4.28. The van der Waals surface area contributed by atoms with Crippen molar-refractivity contribution >= 4 is 38.8 Å². The summed E-state index contributed by atoms with van der Waals surface area (Å²) in [6, 6.07) is 20.4. The van der Waals surface area contributed by atoms with Crippen LogP contribution in [0.4, 0.5) is 11.4 Å². The summed E-state index contributed by atoms with van der Waals surface area (Å²) in [6.07, 6.45) is 0. The highest BCUT2D eigenvalue weighted by Gasteiger charge is 2.27. The highest BCUT2D eigenvalue weighted by molar-refractivity contribution is 7.93. The molecule has 0 amide bonds. The molecule has 0 atom stereocenters. The number of aliphatic imine (C=N–C) groups is 1. The summed E-state index contributed by atoms with van der Waals surface area (Å²) >= 11 is 5.99. The number of aryl methyl sites for hydroxylation is 1. The number of methoxy groups -OCH3 is 1. The summed E-state index contributed by atoms with van der Waals surface area (Å²) in [6.45, 7) is 3.56. The fourth-order valence-corrected chi connectivity index (χ4v) is 4.39. The van der Waals surface area contributed by atoms with Gasteiger partial charge >= 0.3 is 0 Å². The summed E-state index contributed by atoms with van der Waals surface area (Å²) in [5.74, 6) is 1.00. The summed E-state index contributed by atoms with van der Waals surface area (Å²) < 4.78 is 33.3. The molecule has 5 nitrogen and oxygen atoms in total. The van der Waals surface area contributed by atoms with Crippen LogP contribution in [0.25, 0.3) is 0 Å². The van der Waals surface area contributed by atoms with Crippen LogP contribution in [0.15, 0.2) is 82.7 Å². The Kier molecular flexibility index (Phi) is 6.25. The maximum atomic E-state index is 13.5. The van der Waals surface area contributed by atoms with Crippen molar-refractivity contribution in [1.82, 2.24) is 0 Å². The monoisotopic (exact) mass is 428 g/mol. The summed E-state index contributed by atoms with van der Waals surface area (Å²) in [5.41, 5.74) is 2.04. The van der Waals surface area contributed by atoms with Crippen LogP contribution < -0.4 is 9.04 Å². The molecule has 0 bridgehead atoms. The molecule has 0 aliphatic rings. The fourth-order valence-electron chi connectivity index (χ4n) is 2.78. The largest absolute Gasteiger partial charge is 0.497 e. The Morgan fingerprint density at radius 2 is 1.52 bits per heavy atom. The van der Waals surface area contributed by atoms with E-state index in [4.69, 9.17) is 16.3 Å². The second kappa shape index (κ2) is 8.68. The van der Waals surface area contributed by atoms with E-state index in [2.05, 4.69) is 4.99 Å². The quantitative estimate of drug-likeness (QED) is 0.392. The first kappa shape index (κ1) is 20.9. The van der Waals surface area contributed by atoms with Gasteiger partial charge in [0.05, 0.1) is 23.4 Å². The maximum absolute atomic E-state index is 13.5. The smallest absolute Gasteiger partial charge is 0.269 e. The number of hydrogen-bond acceptors (Lipinski definition) is 4. The molecular weight excluding hydrogens is 408 g/mol. The molecule has 3 rings (SSSR count). The van der Waals surface area contributed by atoms with Crippen molar-refractivity contribution in [3.8, 4) is 5.75 Å². The van der Waals surface area contributed by atoms with Gasteiger partial charge in [-0.05, 0) is 74.5 Å². The van der Waals surface area contributed by atoms with Crippen LogP contribution in [0.5, 0.6) is 5.75 Å². The van der Waals surface area contributed by atoms with Crippen molar-refractivity contribution in [3.63, 3.8) is 0 Å². The Morgan fingerprint density at radius 3 is 2.07 bits per heavy atom. The first-order chi connectivity index (χ1) is 13.8. The van der Waals surface area contributed by atoms with Crippen molar-refractivity contribution in [2.24, 2.45) is 4.99 Å². The number of hydrogen-bond donors (Lipinski definition) is 0. The molecule has 3 aromatic rings. The van der Waals surface area contributed by atoms with Crippen molar-refractivity contribution in [1.29, 1.82) is 0 Å². The number of rotatable bonds is 5. The second-order valence-electron chi connectivity index (χ2n) is 6.42. The molecule has 0 aliphatic carbocycles. The molecule has 0 radical (unpaired) electrons. The number of amidine groups is 1. The number of nitrogens with zero attached hydrogens (tertiary/aromatic N) is 2. The first-order valence-corrected chi connectivity index (χ1v) is 10.7. The molecular formula is C22H21ClN2O3S. The Hall–Kier alpha value is -2.83. The number of anilines is 1. The highest BCUT2D eigenvalue weighted by Crippen LogP contribution is 2.27. The number of halogens is 1. The normalized spacial score (nSPS) is 11.9. The van der Waals surface area contributed by atoms with Gasteiger partial charge in [0.15, 0.2) is 0 Å². The molecule has 29 heavy (non-hydrogen) atoms. The number of sulfonamides is 1. The molecule has 3 aromatic carbocycles. The zero-order valence-electron chi connectivity index (χ0n) is 16.3. The van der Waals surface area contributed by atoms with Gasteiger partial charge < -0.3 is 4.74 Å². The van der Waals surface area contributed by atoms with E-state index < -0.39 is 10.0 Å². The molecule has 0 aliphatic heterocycles. The van der Waals surface area contributed by atoms with Crippen molar-refractivity contribution in [2.45, 2.75) is 18.7 Å². The molecule has 0 N–H and O–H groups in total. The van der Waals surface area contributed by atoms with Gasteiger partial charge in [0.25, 0.3) is 10.0 Å². The molecule has 0 saturated carbocycles. The van der Waals surface area contributed by atoms with Gasteiger partial charge in [0, 0.05) is 5.02 Å². The summed E-state index contributed by atoms with van der Waals surface area (Å²) in [5, 5.41) is 0.520. The van der Waals surface area contributed by atoms with E-state index in [1.165, 1.54) is 4.31 Å². The molecule has 7 heteroatoms. The molecule has 150 valence electrons. The third-order valence-corrected chi connectivity index (χ3v) is 6.35. The van der Waals surface area contributed by atoms with E-state index in [1.807, 2.05) is 6.92 Å². The Morgan fingerprint density at radius 1 is 0.931 bits per heavy atom. The van der Waals surface area contributed by atoms with Gasteiger partial charge in [-0.2, -0.15) is 0 Å². The lowest BCUT2D eigenvalue weighted by atomic mass is 10.2. The maximum Gasteiger partial charge on any atom is 0.269 e. The average Bonchev–Trinajstić information content (AvgIpc) is 2.70. The van der Waals surface area contributed by atoms with Crippen LogP contribution in [-0.4, -0.2) is 21.4 Å². The van der Waals surface area contributed by atoms with Gasteiger partial charge in [-0.25, -0.2) is 17.7 Å². The lowest BCUT2D eigenvalue weighted by Gasteiger charge is -2.24. The van der Waals surface area contributed by atoms with Crippen LogP contribution >= 0.6 is 11.6 Å². The molecule has 0 spiro atoms. The SMILES string of the molecule is COc1ccc(N=C(C)N(c2ccc(Cl)cc2)S(=O)(=O)c2ccc(C)cc2)cc1. The zero-order valence-corrected chi connectivity index (χ0v) is 17.9. The Labute approximate surface area is 176 Å². The van der Waals surface area contributed by atoms with E-state index in [0.717, 1.165) is 5.56 Å². The van der Waals surface area contributed by atoms with Crippen LogP contribution in [0.1, 0.15) is 12.5 Å². The van der Waals surface area contributed by atoms with Gasteiger partial charge in [-0.1, -0.05) is 29.3 Å². The van der Waals surface area contributed by atoms with Crippen molar-refractivity contribution < 1.29 is 13.2 Å². The van der Waals surface area contributed by atoms with Gasteiger partial charge in [0.2, 0.25) is 0 Å². The van der Waals surface area contributed by atoms with Gasteiger partial charge in [-0.3, -0.25) is 0 Å². The molecule has 0 aromatic heterocycles. The third kappa shape index (κ3) is 4.78. The summed E-state index contributed by atoms with van der Waals surface area (Å²) in [4.78, 5) is 4.70. The number of benzene rings is 3. The Bertz CT molecular complexity index is 1110. The summed E-state index contributed by atoms with van der Waals surface area (Å²) in [7, 11) is -2.30. The van der Waals surface area contributed by atoms with Gasteiger partial charge in [-0.15, -0.1) is 0 Å². The first-order valence-electron chi connectivity index (χ1n) is 8.88. The van der Waals surface area contributed by atoms with E-state index in [1.54, 1.807) is 86.8 Å². The number of ether oxygens (including phenoxy) is 1. The molecule has 0 saturated heterocycles. The van der Waals surface area contributed by atoms with E-state index in [-0.39, 0.29) is 4.90 Å². The molecule has 0 fully saturated rings. The standard InChI is InChI=1S/C22H21ClN2O3S/c1-16-4-14-22(15-5-16)29(26,27)25(20-10-6-18(23)7-11-20)17(2)24-19-8-12-21(28-3)13-9-19/h4-15H,1-3H3. The molecule has 0 heterocycles. The zero-order chi connectivity index (χ0) is 21.0. The van der Waals surface area contributed by atoms with Crippen molar-refractivity contribution in [2.75, 3.05) is 11.4 Å². The second-order valence-corrected chi connectivity index (χ2v) is 8.64. The van der Waals surface area contributed by atoms with Crippen LogP contribution in [0, 0.1) is 6.92 Å². The lowest BCUT2D eigenvalue weighted by molar-refractivity contribution is 0.415.